The van der Waals surface area contributed by atoms with Gasteiger partial charge in [0.15, 0.2) is 0 Å². The number of rotatable bonds is 2. The summed E-state index contributed by atoms with van der Waals surface area (Å²) in [6.45, 7) is 0. The molecule has 9 heteroatoms. The molecule has 0 N–H and O–H groups in total. The van der Waals surface area contributed by atoms with Gasteiger partial charge < -0.3 is 15.2 Å². The number of aryl methyl sites for hydroxylation is 1. The lowest BCUT2D eigenvalue weighted by atomic mass is 9.85. The third-order valence-corrected chi connectivity index (χ3v) is 4.33. The number of para-hydroxylation sites is 1. The Bertz CT molecular complexity index is 1120. The zero-order chi connectivity index (χ0) is 17.7. The number of aromatic nitrogens is 3. The maximum Gasteiger partial charge on any atom is 0.263 e. The minimum atomic E-state index is -0.989. The molecule has 4 rings (SSSR count). The van der Waals surface area contributed by atoms with Crippen molar-refractivity contribution in [1.82, 2.24) is 9.72 Å². The molecule has 9 nitrogen and oxygen atoms in total. The van der Waals surface area contributed by atoms with Gasteiger partial charge in [-0.25, -0.2) is 0 Å². The third kappa shape index (κ3) is 2.00. The highest BCUT2D eigenvalue weighted by molar-refractivity contribution is 5.98. The second-order valence-electron chi connectivity index (χ2n) is 5.66. The molecule has 0 bridgehead atoms. The molecule has 2 aromatic heterocycles. The van der Waals surface area contributed by atoms with E-state index < -0.39 is 10.8 Å². The largest absolute Gasteiger partial charge is 0.763 e. The van der Waals surface area contributed by atoms with Gasteiger partial charge in [0.2, 0.25) is 5.69 Å². The van der Waals surface area contributed by atoms with E-state index in [9.17, 15) is 20.7 Å². The lowest BCUT2D eigenvalue weighted by molar-refractivity contribution is -0.808. The first-order chi connectivity index (χ1) is 12.0. The average Bonchev–Trinajstić information content (AvgIpc) is 3.15. The lowest BCUT2D eigenvalue weighted by Gasteiger charge is -2.15. The van der Waals surface area contributed by atoms with Crippen molar-refractivity contribution in [3.05, 3.63) is 79.9 Å². The van der Waals surface area contributed by atoms with Crippen LogP contribution in [0.5, 0.6) is 0 Å². The van der Waals surface area contributed by atoms with Gasteiger partial charge in [0, 0.05) is 35.4 Å². The molecule has 0 saturated carbocycles. The smallest absolute Gasteiger partial charge is 0.263 e. The Balaban J connectivity index is 2.08. The van der Waals surface area contributed by atoms with Crippen molar-refractivity contribution in [1.29, 1.82) is 0 Å². The Morgan fingerprint density at radius 1 is 1.44 bits per heavy atom. The van der Waals surface area contributed by atoms with Gasteiger partial charge in [0.05, 0.1) is 10.5 Å². The van der Waals surface area contributed by atoms with Crippen LogP contribution in [-0.2, 0) is 7.05 Å². The molecule has 0 fully saturated rings. The first-order valence-corrected chi connectivity index (χ1v) is 7.30. The highest BCUT2D eigenvalue weighted by Crippen LogP contribution is 2.41. The summed E-state index contributed by atoms with van der Waals surface area (Å²) in [5, 5.41) is 37.4. The van der Waals surface area contributed by atoms with E-state index >= 15 is 0 Å². The highest BCUT2D eigenvalue weighted by Gasteiger charge is 2.44. The highest BCUT2D eigenvalue weighted by atomic mass is 16.8. The Hall–Kier alpha value is -3.71. The maximum atomic E-state index is 12.1. The van der Waals surface area contributed by atoms with Crippen LogP contribution in [0.1, 0.15) is 22.9 Å². The Kier molecular flexibility index (Phi) is 3.06. The van der Waals surface area contributed by atoms with Crippen LogP contribution in [0.2, 0.25) is 0 Å². The van der Waals surface area contributed by atoms with Crippen molar-refractivity contribution in [2.24, 2.45) is 7.05 Å². The molecule has 3 aromatic rings. The number of nitrogens with zero attached hydrogens (tertiary/aromatic N) is 5. The van der Waals surface area contributed by atoms with Crippen LogP contribution in [0.3, 0.4) is 0 Å². The van der Waals surface area contributed by atoms with Crippen LogP contribution in [0.15, 0.2) is 46.9 Å². The minimum absolute atomic E-state index is 0.0287. The zero-order valence-electron chi connectivity index (χ0n) is 12.9. The van der Waals surface area contributed by atoms with Crippen LogP contribution < -0.4 is 4.90 Å². The lowest BCUT2D eigenvalue weighted by Crippen LogP contribution is -2.34. The van der Waals surface area contributed by atoms with Crippen LogP contribution >= 0.6 is 0 Å². The van der Waals surface area contributed by atoms with Crippen molar-refractivity contribution in [2.75, 3.05) is 0 Å². The summed E-state index contributed by atoms with van der Waals surface area (Å²) in [4.78, 5) is 11.2. The van der Waals surface area contributed by atoms with Gasteiger partial charge in [-0.15, -0.1) is 0 Å². The second kappa shape index (κ2) is 5.15. The molecule has 1 aliphatic carbocycles. The van der Waals surface area contributed by atoms with E-state index in [1.807, 2.05) is 41.8 Å². The number of hydrogen-bond donors (Lipinski definition) is 0. The SMILES string of the molecule is Cn1cc(C2C([N+](=O)[O-])=CC(=C=[N-])c3no[n+]([O-])c32)c2ccccc21. The summed E-state index contributed by atoms with van der Waals surface area (Å²) in [6.07, 6.45) is 2.89. The fraction of sp³-hybridized carbons (Fsp3) is 0.125. The summed E-state index contributed by atoms with van der Waals surface area (Å²) >= 11 is 0. The van der Waals surface area contributed by atoms with Crippen LogP contribution in [0.25, 0.3) is 21.9 Å². The van der Waals surface area contributed by atoms with Gasteiger partial charge in [-0.2, -0.15) is 0 Å². The number of hydrogen-bond acceptors (Lipinski definition) is 5. The van der Waals surface area contributed by atoms with Gasteiger partial charge in [-0.1, -0.05) is 18.2 Å². The number of fused-ring (bicyclic) bond motifs is 2. The van der Waals surface area contributed by atoms with E-state index in [-0.39, 0.29) is 27.6 Å². The average molecular weight is 336 g/mol. The standard InChI is InChI=1S/C16H10N5O4/c1-19-8-11(10-4-2-3-5-12(10)19)14-13(20(22)23)6-9(7-17)15-16(14)21(24)25-18-15/h2-6,8,14H,1H3/q-1. The molecule has 0 saturated heterocycles. The predicted octanol–water partition coefficient (Wildman–Crippen LogP) is 1.73. The summed E-state index contributed by atoms with van der Waals surface area (Å²) in [5.41, 5.74) is 1.07. The second-order valence-corrected chi connectivity index (χ2v) is 5.66. The molecule has 124 valence electrons. The predicted molar refractivity (Wildman–Crippen MR) is 87.1 cm³/mol. The fourth-order valence-electron chi connectivity index (χ4n) is 3.28. The van der Waals surface area contributed by atoms with Gasteiger partial charge in [0.1, 0.15) is 5.92 Å². The van der Waals surface area contributed by atoms with Crippen molar-refractivity contribution >= 4 is 22.3 Å². The van der Waals surface area contributed by atoms with Gasteiger partial charge in [-0.3, -0.25) is 20.6 Å². The third-order valence-electron chi connectivity index (χ3n) is 4.33. The summed E-state index contributed by atoms with van der Waals surface area (Å²) in [5.74, 6) is 0.840. The van der Waals surface area contributed by atoms with Gasteiger partial charge in [0.25, 0.3) is 11.4 Å². The summed E-state index contributed by atoms with van der Waals surface area (Å²) in [7, 11) is 1.82. The summed E-state index contributed by atoms with van der Waals surface area (Å²) in [6, 6.07) is 7.38. The van der Waals surface area contributed by atoms with Crippen molar-refractivity contribution in [3.63, 3.8) is 0 Å². The molecule has 1 aromatic carbocycles. The van der Waals surface area contributed by atoms with E-state index in [0.29, 0.717) is 5.56 Å². The van der Waals surface area contributed by atoms with E-state index in [2.05, 4.69) is 9.79 Å². The van der Waals surface area contributed by atoms with Crippen LogP contribution in [-0.4, -0.2) is 20.5 Å². The zero-order valence-corrected chi connectivity index (χ0v) is 12.9. The molecular weight excluding hydrogens is 326 g/mol. The Morgan fingerprint density at radius 3 is 2.92 bits per heavy atom. The monoisotopic (exact) mass is 336 g/mol. The number of nitro groups is 1. The van der Waals surface area contributed by atoms with Crippen LogP contribution in [0.4, 0.5) is 0 Å². The van der Waals surface area contributed by atoms with E-state index in [4.69, 9.17) is 0 Å². The first kappa shape index (κ1) is 14.9. The molecule has 1 unspecified atom stereocenters. The molecule has 0 amide bonds. The summed E-state index contributed by atoms with van der Waals surface area (Å²) < 4.78 is 6.45. The molecule has 25 heavy (non-hydrogen) atoms. The molecule has 0 spiro atoms. The van der Waals surface area contributed by atoms with Crippen molar-refractivity contribution in [3.8, 4) is 0 Å². The molecule has 0 aliphatic heterocycles. The molecule has 2 heterocycles. The molecule has 0 radical (unpaired) electrons. The van der Waals surface area contributed by atoms with E-state index in [0.717, 1.165) is 17.0 Å². The normalized spacial score (nSPS) is 16.4. The molecule has 1 aliphatic rings. The van der Waals surface area contributed by atoms with E-state index in [1.165, 1.54) is 0 Å². The Labute approximate surface area is 140 Å². The first-order valence-electron chi connectivity index (χ1n) is 7.30. The minimum Gasteiger partial charge on any atom is -0.763 e. The van der Waals surface area contributed by atoms with Crippen molar-refractivity contribution in [2.45, 2.75) is 5.92 Å². The van der Waals surface area contributed by atoms with Crippen LogP contribution in [0, 0.1) is 15.3 Å². The Morgan fingerprint density at radius 2 is 2.20 bits per heavy atom. The molecular formula is C16H10N5O4-. The van der Waals surface area contributed by atoms with E-state index in [1.54, 1.807) is 6.20 Å². The number of benzene rings is 1. The molecule has 1 atom stereocenters. The van der Waals surface area contributed by atoms with Gasteiger partial charge in [-0.05, 0) is 16.5 Å². The quantitative estimate of drug-likeness (QED) is 0.305. The maximum absolute atomic E-state index is 12.1. The van der Waals surface area contributed by atoms with Crippen molar-refractivity contribution < 1.29 is 14.5 Å². The van der Waals surface area contributed by atoms with Gasteiger partial charge >= 0.3 is 0 Å². The topological polar surface area (TPSA) is 123 Å². The number of allylic oxidation sites excluding steroid dienone is 3. The fourth-order valence-corrected chi connectivity index (χ4v) is 3.28.